The summed E-state index contributed by atoms with van der Waals surface area (Å²) in [6.07, 6.45) is 2.07. The van der Waals surface area contributed by atoms with Crippen LogP contribution in [0.15, 0.2) is 54.1 Å². The summed E-state index contributed by atoms with van der Waals surface area (Å²) in [5.74, 6) is -0.870. The van der Waals surface area contributed by atoms with Gasteiger partial charge in [0.05, 0.1) is 29.9 Å². The Bertz CT molecular complexity index is 1530. The molecule has 268 valence electrons. The van der Waals surface area contributed by atoms with Gasteiger partial charge in [-0.1, -0.05) is 42.8 Å². The van der Waals surface area contributed by atoms with Crippen LogP contribution in [0.25, 0.3) is 0 Å². The SMILES string of the molecule is CC1=CCCC2(C)C(CCC2(O)CN(CC2CCCO2)C(=O)NC(C)C)c2ccc(cc2C(=O)c2cccc(C(F)(F)F)c2)CC(O)CC1. The van der Waals surface area contributed by atoms with Crippen LogP contribution in [0.5, 0.6) is 0 Å². The number of benzene rings is 2. The van der Waals surface area contributed by atoms with Crippen LogP contribution in [0.2, 0.25) is 0 Å². The zero-order valence-corrected chi connectivity index (χ0v) is 29.1. The molecular formula is C39H51F3N2O5. The highest BCUT2D eigenvalue weighted by Crippen LogP contribution is 2.59. The van der Waals surface area contributed by atoms with Gasteiger partial charge in [-0.05, 0) is 114 Å². The Morgan fingerprint density at radius 3 is 2.57 bits per heavy atom. The van der Waals surface area contributed by atoms with Gasteiger partial charge in [-0.3, -0.25) is 4.79 Å². The lowest BCUT2D eigenvalue weighted by Crippen LogP contribution is -2.57. The Kier molecular flexibility index (Phi) is 11.3. The molecule has 4 aliphatic rings. The number of amides is 2. The van der Waals surface area contributed by atoms with Crippen molar-refractivity contribution < 1.29 is 37.7 Å². The first-order valence-corrected chi connectivity index (χ1v) is 17.7. The molecule has 1 aliphatic heterocycles. The lowest BCUT2D eigenvalue weighted by molar-refractivity contribution is -0.137. The Hall–Kier alpha value is -3.21. The van der Waals surface area contributed by atoms with Crippen LogP contribution in [0.1, 0.15) is 118 Å². The van der Waals surface area contributed by atoms with Crippen LogP contribution in [-0.4, -0.2) is 70.5 Å². The second-order valence-electron chi connectivity index (χ2n) is 15.0. The lowest BCUT2D eigenvalue weighted by Gasteiger charge is -2.46. The number of ketones is 1. The number of nitrogens with one attached hydrogen (secondary N) is 1. The molecule has 7 nitrogen and oxygen atoms in total. The van der Waals surface area contributed by atoms with E-state index in [-0.39, 0.29) is 41.8 Å². The molecule has 0 radical (unpaired) electrons. The smallest absolute Gasteiger partial charge is 0.393 e. The van der Waals surface area contributed by atoms with Gasteiger partial charge in [0.25, 0.3) is 0 Å². The van der Waals surface area contributed by atoms with Crippen molar-refractivity contribution in [2.75, 3.05) is 19.7 Å². The number of halogens is 3. The average Bonchev–Trinajstić information content (AvgIpc) is 3.64. The van der Waals surface area contributed by atoms with Gasteiger partial charge in [0.1, 0.15) is 0 Å². The number of carbonyl (C=O) groups is 2. The predicted octanol–water partition coefficient (Wildman–Crippen LogP) is 7.57. The fraction of sp³-hybridized carbons (Fsp3) is 0.590. The van der Waals surface area contributed by atoms with Crippen LogP contribution in [0.4, 0.5) is 18.0 Å². The molecular weight excluding hydrogens is 633 g/mol. The van der Waals surface area contributed by atoms with Crippen molar-refractivity contribution in [2.45, 2.75) is 121 Å². The molecule has 0 aromatic heterocycles. The van der Waals surface area contributed by atoms with Gasteiger partial charge >= 0.3 is 12.2 Å². The Morgan fingerprint density at radius 1 is 1.10 bits per heavy atom. The predicted molar refractivity (Wildman–Crippen MR) is 183 cm³/mol. The molecule has 3 N–H and O–H groups in total. The summed E-state index contributed by atoms with van der Waals surface area (Å²) in [6, 6.07) is 9.56. The minimum Gasteiger partial charge on any atom is -0.393 e. The van der Waals surface area contributed by atoms with Crippen LogP contribution >= 0.6 is 0 Å². The van der Waals surface area contributed by atoms with Crippen molar-refractivity contribution >= 4 is 11.8 Å². The quantitative estimate of drug-likeness (QED) is 0.207. The Balaban J connectivity index is 1.59. The highest BCUT2D eigenvalue weighted by atomic mass is 19.4. The minimum absolute atomic E-state index is 0.0717. The van der Waals surface area contributed by atoms with E-state index in [0.717, 1.165) is 30.5 Å². The zero-order valence-electron chi connectivity index (χ0n) is 29.1. The molecule has 1 heterocycles. The monoisotopic (exact) mass is 684 g/mol. The maximum atomic E-state index is 14.2. The first kappa shape index (κ1) is 37.1. The number of ether oxygens (including phenoxy) is 1. The third-order valence-corrected chi connectivity index (χ3v) is 11.0. The van der Waals surface area contributed by atoms with Crippen molar-refractivity contribution in [3.8, 4) is 0 Å². The number of aliphatic hydroxyl groups excluding tert-OH is 1. The molecule has 0 spiro atoms. The van der Waals surface area contributed by atoms with E-state index in [9.17, 15) is 33.0 Å². The summed E-state index contributed by atoms with van der Waals surface area (Å²) in [4.78, 5) is 29.5. The second-order valence-corrected chi connectivity index (χ2v) is 15.0. The van der Waals surface area contributed by atoms with Gasteiger partial charge in [-0.25, -0.2) is 4.79 Å². The van der Waals surface area contributed by atoms with E-state index in [1.165, 1.54) is 12.1 Å². The fourth-order valence-corrected chi connectivity index (χ4v) is 8.10. The molecule has 2 amide bonds. The normalized spacial score (nSPS) is 27.8. The number of aliphatic hydroxyl groups is 2. The highest BCUT2D eigenvalue weighted by molar-refractivity contribution is 6.10. The summed E-state index contributed by atoms with van der Waals surface area (Å²) in [7, 11) is 0. The molecule has 1 saturated heterocycles. The molecule has 2 aromatic carbocycles. The van der Waals surface area contributed by atoms with Gasteiger partial charge in [-0.15, -0.1) is 0 Å². The topological polar surface area (TPSA) is 99.1 Å². The van der Waals surface area contributed by atoms with Gasteiger partial charge in [-0.2, -0.15) is 13.2 Å². The molecule has 5 unspecified atom stereocenters. The number of fused-ring (bicyclic) bond motifs is 8. The summed E-state index contributed by atoms with van der Waals surface area (Å²) < 4.78 is 47.0. The van der Waals surface area contributed by atoms with E-state index in [0.29, 0.717) is 69.2 Å². The maximum Gasteiger partial charge on any atom is 0.416 e. The molecule has 5 atom stereocenters. The van der Waals surface area contributed by atoms with Crippen molar-refractivity contribution in [3.05, 3.63) is 81.9 Å². The summed E-state index contributed by atoms with van der Waals surface area (Å²) in [5, 5.41) is 26.6. The molecule has 49 heavy (non-hydrogen) atoms. The Morgan fingerprint density at radius 2 is 1.88 bits per heavy atom. The largest absolute Gasteiger partial charge is 0.416 e. The van der Waals surface area contributed by atoms with Crippen LogP contribution in [0, 0.1) is 5.41 Å². The van der Waals surface area contributed by atoms with Crippen molar-refractivity contribution in [1.82, 2.24) is 10.2 Å². The third-order valence-electron chi connectivity index (χ3n) is 11.0. The second kappa shape index (κ2) is 15.0. The van der Waals surface area contributed by atoms with E-state index in [2.05, 4.69) is 11.4 Å². The summed E-state index contributed by atoms with van der Waals surface area (Å²) in [6.45, 7) is 8.90. The van der Waals surface area contributed by atoms with Crippen molar-refractivity contribution in [2.24, 2.45) is 5.41 Å². The van der Waals surface area contributed by atoms with Gasteiger partial charge < -0.3 is 25.2 Å². The van der Waals surface area contributed by atoms with Crippen molar-refractivity contribution in [1.29, 1.82) is 0 Å². The zero-order chi connectivity index (χ0) is 35.6. The number of carbonyl (C=O) groups excluding carboxylic acids is 2. The van der Waals surface area contributed by atoms with E-state index < -0.39 is 34.6 Å². The average molecular weight is 685 g/mol. The number of rotatable bonds is 7. The van der Waals surface area contributed by atoms with E-state index in [1.807, 2.05) is 39.8 Å². The molecule has 2 bridgehead atoms. The first-order chi connectivity index (χ1) is 23.1. The van der Waals surface area contributed by atoms with Crippen LogP contribution < -0.4 is 5.32 Å². The number of hydrogen-bond donors (Lipinski definition) is 3. The molecule has 2 fully saturated rings. The van der Waals surface area contributed by atoms with E-state index in [4.69, 9.17) is 4.74 Å². The van der Waals surface area contributed by atoms with E-state index in [1.54, 1.807) is 11.0 Å². The van der Waals surface area contributed by atoms with Crippen molar-refractivity contribution in [3.63, 3.8) is 0 Å². The van der Waals surface area contributed by atoms with Gasteiger partial charge in [0.2, 0.25) is 0 Å². The number of urea groups is 1. The molecule has 10 heteroatoms. The number of hydrogen-bond acceptors (Lipinski definition) is 5. The summed E-state index contributed by atoms with van der Waals surface area (Å²) >= 11 is 0. The molecule has 2 aromatic rings. The standard InChI is InChI=1S/C39H51F3N2O5/c1-25(2)43-36(47)44(23-31-11-7-19-49-31)24-38(48)18-16-34-32-15-13-27(20-30(45)14-12-26(3)8-6-17-37(34,38)4)21-33(32)35(46)28-9-5-10-29(22-28)39(40,41)42/h5,8-10,13,15,21-22,25,30-31,34,45,48H,6-7,11-12,14,16-20,23-24H2,1-4H3,(H,43,47). The fourth-order valence-electron chi connectivity index (χ4n) is 8.10. The lowest BCUT2D eigenvalue weighted by atomic mass is 9.64. The number of nitrogens with zero attached hydrogens (tertiary/aromatic N) is 1. The number of allylic oxidation sites excluding steroid dienone is 2. The van der Waals surface area contributed by atoms with Gasteiger partial charge in [0, 0.05) is 35.7 Å². The highest BCUT2D eigenvalue weighted by Gasteiger charge is 2.58. The van der Waals surface area contributed by atoms with Crippen LogP contribution in [-0.2, 0) is 17.3 Å². The summed E-state index contributed by atoms with van der Waals surface area (Å²) in [5.41, 5.74) is -0.328. The first-order valence-electron chi connectivity index (χ1n) is 17.7. The number of alkyl halides is 3. The van der Waals surface area contributed by atoms with Crippen LogP contribution in [0.3, 0.4) is 0 Å². The molecule has 3 aliphatic carbocycles. The third kappa shape index (κ3) is 8.40. The maximum absolute atomic E-state index is 14.2. The Labute approximate surface area is 287 Å². The van der Waals surface area contributed by atoms with Gasteiger partial charge in [0.15, 0.2) is 5.78 Å². The molecule has 1 saturated carbocycles. The van der Waals surface area contributed by atoms with E-state index >= 15 is 0 Å². The molecule has 6 rings (SSSR count). The minimum atomic E-state index is -4.61.